The Balaban J connectivity index is 1.53. The van der Waals surface area contributed by atoms with E-state index < -0.39 is 17.6 Å². The molecule has 4 nitrogen and oxygen atoms in total. The molecule has 0 saturated heterocycles. The quantitative estimate of drug-likeness (QED) is 0.492. The van der Waals surface area contributed by atoms with Gasteiger partial charge in [0.25, 0.3) is 5.91 Å². The lowest BCUT2D eigenvalue weighted by Crippen LogP contribution is -2.13. The summed E-state index contributed by atoms with van der Waals surface area (Å²) in [6, 6.07) is 18.8. The van der Waals surface area contributed by atoms with E-state index in [0.717, 1.165) is 28.7 Å². The maximum atomic E-state index is 12.8. The van der Waals surface area contributed by atoms with Crippen molar-refractivity contribution >= 4 is 22.6 Å². The Labute approximate surface area is 158 Å². The van der Waals surface area contributed by atoms with E-state index in [-0.39, 0.29) is 5.69 Å². The molecule has 0 bridgehead atoms. The number of halogens is 3. The number of imidazole rings is 1. The zero-order valence-electron chi connectivity index (χ0n) is 14.4. The van der Waals surface area contributed by atoms with Gasteiger partial charge in [0.2, 0.25) is 0 Å². The van der Waals surface area contributed by atoms with E-state index in [9.17, 15) is 18.0 Å². The number of nitrogens with zero attached hydrogens (tertiary/aromatic N) is 1. The van der Waals surface area contributed by atoms with Crippen LogP contribution in [0.4, 0.5) is 18.9 Å². The average Bonchev–Trinajstić information content (AvgIpc) is 3.12. The van der Waals surface area contributed by atoms with Crippen LogP contribution in [0.3, 0.4) is 0 Å². The van der Waals surface area contributed by atoms with Gasteiger partial charge in [0.1, 0.15) is 5.82 Å². The first-order valence-electron chi connectivity index (χ1n) is 8.44. The molecule has 0 fully saturated rings. The molecular weight excluding hydrogens is 367 g/mol. The van der Waals surface area contributed by atoms with Crippen molar-refractivity contribution in [2.24, 2.45) is 0 Å². The van der Waals surface area contributed by atoms with Gasteiger partial charge in [-0.05, 0) is 42.5 Å². The van der Waals surface area contributed by atoms with E-state index in [2.05, 4.69) is 15.3 Å². The summed E-state index contributed by atoms with van der Waals surface area (Å²) in [7, 11) is 0. The van der Waals surface area contributed by atoms with Crippen LogP contribution in [-0.4, -0.2) is 15.9 Å². The Kier molecular flexibility index (Phi) is 4.35. The highest BCUT2D eigenvalue weighted by atomic mass is 19.4. The molecule has 4 aromatic rings. The summed E-state index contributed by atoms with van der Waals surface area (Å²) in [5.74, 6) is 0.182. The predicted octanol–water partition coefficient (Wildman–Crippen LogP) is 5.50. The molecule has 0 aliphatic carbocycles. The third kappa shape index (κ3) is 3.59. The molecule has 4 rings (SSSR count). The van der Waals surface area contributed by atoms with Crippen LogP contribution in [0.25, 0.3) is 22.4 Å². The van der Waals surface area contributed by atoms with Crippen LogP contribution < -0.4 is 5.32 Å². The van der Waals surface area contributed by atoms with E-state index in [1.165, 1.54) is 12.1 Å². The van der Waals surface area contributed by atoms with Gasteiger partial charge in [0, 0.05) is 16.8 Å². The third-order valence-electron chi connectivity index (χ3n) is 4.26. The number of rotatable bonds is 3. The second-order valence-corrected chi connectivity index (χ2v) is 6.21. The molecule has 0 radical (unpaired) electrons. The SMILES string of the molecule is O=C(Nc1cccc(C(F)(F)F)c1)c1ccc(-c2nc3ccccc3[nH]2)cc1. The minimum atomic E-state index is -4.46. The lowest BCUT2D eigenvalue weighted by molar-refractivity contribution is -0.137. The number of carbonyl (C=O) groups excluding carboxylic acids is 1. The highest BCUT2D eigenvalue weighted by Gasteiger charge is 2.30. The number of aromatic nitrogens is 2. The van der Waals surface area contributed by atoms with Crippen molar-refractivity contribution in [2.45, 2.75) is 6.18 Å². The van der Waals surface area contributed by atoms with Crippen LogP contribution >= 0.6 is 0 Å². The molecule has 140 valence electrons. The number of anilines is 1. The summed E-state index contributed by atoms with van der Waals surface area (Å²) >= 11 is 0. The lowest BCUT2D eigenvalue weighted by atomic mass is 10.1. The monoisotopic (exact) mass is 381 g/mol. The van der Waals surface area contributed by atoms with Gasteiger partial charge in [-0.3, -0.25) is 4.79 Å². The number of hydrogen-bond donors (Lipinski definition) is 2. The number of alkyl halides is 3. The number of para-hydroxylation sites is 2. The second-order valence-electron chi connectivity index (χ2n) is 6.21. The van der Waals surface area contributed by atoms with Crippen LogP contribution in [0.2, 0.25) is 0 Å². The number of benzene rings is 3. The van der Waals surface area contributed by atoms with Crippen molar-refractivity contribution in [1.29, 1.82) is 0 Å². The van der Waals surface area contributed by atoms with Gasteiger partial charge in [0.15, 0.2) is 0 Å². The number of nitrogens with one attached hydrogen (secondary N) is 2. The smallest absolute Gasteiger partial charge is 0.338 e. The summed E-state index contributed by atoms with van der Waals surface area (Å²) in [5, 5.41) is 2.49. The maximum absolute atomic E-state index is 12.8. The molecule has 0 aliphatic heterocycles. The molecule has 0 spiro atoms. The van der Waals surface area contributed by atoms with E-state index in [1.54, 1.807) is 24.3 Å². The number of H-pyrrole nitrogens is 1. The molecule has 3 aromatic carbocycles. The fraction of sp³-hybridized carbons (Fsp3) is 0.0476. The predicted molar refractivity (Wildman–Crippen MR) is 101 cm³/mol. The highest BCUT2D eigenvalue weighted by Crippen LogP contribution is 2.30. The van der Waals surface area contributed by atoms with Crippen molar-refractivity contribution < 1.29 is 18.0 Å². The first-order valence-corrected chi connectivity index (χ1v) is 8.44. The van der Waals surface area contributed by atoms with Crippen LogP contribution in [0, 0.1) is 0 Å². The number of hydrogen-bond acceptors (Lipinski definition) is 2. The van der Waals surface area contributed by atoms with Gasteiger partial charge in [-0.25, -0.2) is 4.98 Å². The molecule has 0 unspecified atom stereocenters. The first-order chi connectivity index (χ1) is 13.4. The van der Waals surface area contributed by atoms with Crippen LogP contribution in [0.15, 0.2) is 72.8 Å². The molecule has 1 amide bonds. The summed E-state index contributed by atoms with van der Waals surface area (Å²) in [6.45, 7) is 0. The van der Waals surface area contributed by atoms with Crippen LogP contribution in [0.5, 0.6) is 0 Å². The molecule has 0 saturated carbocycles. The number of aromatic amines is 1. The standard InChI is InChI=1S/C21H14F3N3O/c22-21(23,24)15-4-3-5-16(12-15)25-20(28)14-10-8-13(9-11-14)19-26-17-6-1-2-7-18(17)27-19/h1-12H,(H,25,28)(H,26,27). The third-order valence-corrected chi connectivity index (χ3v) is 4.26. The molecule has 1 heterocycles. The summed E-state index contributed by atoms with van der Waals surface area (Å²) in [4.78, 5) is 20.0. The number of carbonyl (C=O) groups is 1. The Morgan fingerprint density at radius 1 is 0.929 bits per heavy atom. The van der Waals surface area contributed by atoms with Crippen LogP contribution in [0.1, 0.15) is 15.9 Å². The summed E-state index contributed by atoms with van der Waals surface area (Å²) in [5.41, 5.74) is 2.14. The van der Waals surface area contributed by atoms with Gasteiger partial charge in [-0.15, -0.1) is 0 Å². The largest absolute Gasteiger partial charge is 0.416 e. The fourth-order valence-corrected chi connectivity index (χ4v) is 2.85. The molecule has 28 heavy (non-hydrogen) atoms. The highest BCUT2D eigenvalue weighted by molar-refractivity contribution is 6.04. The molecule has 7 heteroatoms. The molecule has 0 atom stereocenters. The Bertz CT molecular complexity index is 1110. The van der Waals surface area contributed by atoms with Crippen LogP contribution in [-0.2, 0) is 6.18 Å². The minimum Gasteiger partial charge on any atom is -0.338 e. The molecule has 2 N–H and O–H groups in total. The topological polar surface area (TPSA) is 57.8 Å². The Morgan fingerprint density at radius 3 is 2.39 bits per heavy atom. The van der Waals surface area contributed by atoms with E-state index >= 15 is 0 Å². The normalized spacial score (nSPS) is 11.5. The lowest BCUT2D eigenvalue weighted by Gasteiger charge is -2.10. The summed E-state index contributed by atoms with van der Waals surface area (Å²) in [6.07, 6.45) is -4.46. The fourth-order valence-electron chi connectivity index (χ4n) is 2.85. The number of fused-ring (bicyclic) bond motifs is 1. The van der Waals surface area contributed by atoms with E-state index in [1.807, 2.05) is 24.3 Å². The Morgan fingerprint density at radius 2 is 1.68 bits per heavy atom. The van der Waals surface area contributed by atoms with Gasteiger partial charge in [0.05, 0.1) is 16.6 Å². The average molecular weight is 381 g/mol. The second kappa shape index (κ2) is 6.84. The van der Waals surface area contributed by atoms with Crippen molar-refractivity contribution in [3.63, 3.8) is 0 Å². The van der Waals surface area contributed by atoms with Crippen molar-refractivity contribution in [3.05, 3.63) is 83.9 Å². The van der Waals surface area contributed by atoms with Gasteiger partial charge >= 0.3 is 6.18 Å². The zero-order chi connectivity index (χ0) is 19.7. The van der Waals surface area contributed by atoms with Crippen molar-refractivity contribution in [3.8, 4) is 11.4 Å². The van der Waals surface area contributed by atoms with E-state index in [4.69, 9.17) is 0 Å². The molecule has 1 aromatic heterocycles. The van der Waals surface area contributed by atoms with E-state index in [0.29, 0.717) is 11.4 Å². The maximum Gasteiger partial charge on any atom is 0.416 e. The molecular formula is C21H14F3N3O. The van der Waals surface area contributed by atoms with Crippen molar-refractivity contribution in [2.75, 3.05) is 5.32 Å². The number of amides is 1. The summed E-state index contributed by atoms with van der Waals surface area (Å²) < 4.78 is 38.4. The van der Waals surface area contributed by atoms with Crippen molar-refractivity contribution in [1.82, 2.24) is 9.97 Å². The van der Waals surface area contributed by atoms with Gasteiger partial charge < -0.3 is 10.3 Å². The minimum absolute atomic E-state index is 0.0844. The first kappa shape index (κ1) is 17.8. The Hall–Kier alpha value is -3.61. The molecule has 0 aliphatic rings. The zero-order valence-corrected chi connectivity index (χ0v) is 14.4. The van der Waals surface area contributed by atoms with Gasteiger partial charge in [-0.2, -0.15) is 13.2 Å². The van der Waals surface area contributed by atoms with Gasteiger partial charge in [-0.1, -0.05) is 30.3 Å².